The van der Waals surface area contributed by atoms with Crippen molar-refractivity contribution in [1.29, 1.82) is 0 Å². The number of halogens is 2. The third-order valence-corrected chi connectivity index (χ3v) is 3.36. The Hall–Kier alpha value is -1.17. The lowest BCUT2D eigenvalue weighted by molar-refractivity contribution is -0.136. The first-order valence-corrected chi connectivity index (χ1v) is 6.53. The molecular formula is C13H16ClFN2O2. The second-order valence-electron chi connectivity index (χ2n) is 4.63. The molecule has 0 aromatic heterocycles. The number of nitrogens with one attached hydrogen (secondary N) is 1. The first kappa shape index (κ1) is 14.2. The third-order valence-electron chi connectivity index (χ3n) is 3.05. The van der Waals surface area contributed by atoms with Crippen LogP contribution in [0.1, 0.15) is 18.4 Å². The van der Waals surface area contributed by atoms with Crippen molar-refractivity contribution >= 4 is 17.5 Å². The topological polar surface area (TPSA) is 64.4 Å². The SMILES string of the molecule is N[C@@H]1CC[C@H](C(=O)NCc2ccc(Cl)c(F)c2)OC1. The zero-order valence-corrected chi connectivity index (χ0v) is 11.1. The van der Waals surface area contributed by atoms with Crippen molar-refractivity contribution in [2.45, 2.75) is 31.5 Å². The molecule has 1 amide bonds. The molecule has 0 spiro atoms. The van der Waals surface area contributed by atoms with Gasteiger partial charge in [-0.2, -0.15) is 0 Å². The van der Waals surface area contributed by atoms with Gasteiger partial charge in [-0.25, -0.2) is 4.39 Å². The Labute approximate surface area is 116 Å². The molecule has 2 atom stereocenters. The highest BCUT2D eigenvalue weighted by Crippen LogP contribution is 2.16. The van der Waals surface area contributed by atoms with E-state index in [1.165, 1.54) is 12.1 Å². The van der Waals surface area contributed by atoms with Gasteiger partial charge in [0.2, 0.25) is 5.91 Å². The number of benzene rings is 1. The van der Waals surface area contributed by atoms with Crippen molar-refractivity contribution in [3.63, 3.8) is 0 Å². The van der Waals surface area contributed by atoms with E-state index >= 15 is 0 Å². The summed E-state index contributed by atoms with van der Waals surface area (Å²) in [5.74, 6) is -0.685. The minimum absolute atomic E-state index is 0.00871. The first-order valence-electron chi connectivity index (χ1n) is 6.15. The molecule has 19 heavy (non-hydrogen) atoms. The summed E-state index contributed by atoms with van der Waals surface area (Å²) in [5, 5.41) is 2.78. The van der Waals surface area contributed by atoms with Crippen LogP contribution in [0.15, 0.2) is 18.2 Å². The van der Waals surface area contributed by atoms with Gasteiger partial charge in [0.05, 0.1) is 11.6 Å². The standard InChI is InChI=1S/C13H16ClFN2O2/c14-10-3-1-8(5-11(10)15)6-17-13(18)12-4-2-9(16)7-19-12/h1,3,5,9,12H,2,4,6-7,16H2,(H,17,18)/t9-,12-/m1/s1. The Morgan fingerprint density at radius 2 is 2.32 bits per heavy atom. The van der Waals surface area contributed by atoms with Gasteiger partial charge >= 0.3 is 0 Å². The average molecular weight is 287 g/mol. The Balaban J connectivity index is 1.84. The fraction of sp³-hybridized carbons (Fsp3) is 0.462. The van der Waals surface area contributed by atoms with Gasteiger partial charge in [-0.15, -0.1) is 0 Å². The second kappa shape index (κ2) is 6.32. The maximum Gasteiger partial charge on any atom is 0.249 e. The van der Waals surface area contributed by atoms with Crippen LogP contribution in [0.2, 0.25) is 5.02 Å². The van der Waals surface area contributed by atoms with Crippen molar-refractivity contribution in [2.24, 2.45) is 5.73 Å². The van der Waals surface area contributed by atoms with E-state index in [9.17, 15) is 9.18 Å². The van der Waals surface area contributed by atoms with Gasteiger partial charge in [0.1, 0.15) is 11.9 Å². The Morgan fingerprint density at radius 3 is 2.95 bits per heavy atom. The van der Waals surface area contributed by atoms with E-state index in [0.717, 1.165) is 6.42 Å². The molecule has 0 radical (unpaired) electrons. The number of ether oxygens (including phenoxy) is 1. The van der Waals surface area contributed by atoms with Gasteiger partial charge in [-0.3, -0.25) is 4.79 Å². The fourth-order valence-electron chi connectivity index (χ4n) is 1.93. The van der Waals surface area contributed by atoms with Crippen LogP contribution in [0, 0.1) is 5.82 Å². The van der Waals surface area contributed by atoms with E-state index in [1.54, 1.807) is 6.07 Å². The zero-order valence-electron chi connectivity index (χ0n) is 10.4. The van der Waals surface area contributed by atoms with Crippen LogP contribution in [0.25, 0.3) is 0 Å². The number of hydrogen-bond acceptors (Lipinski definition) is 3. The fourth-order valence-corrected chi connectivity index (χ4v) is 2.05. The van der Waals surface area contributed by atoms with E-state index < -0.39 is 11.9 Å². The van der Waals surface area contributed by atoms with Crippen LogP contribution in [0.4, 0.5) is 4.39 Å². The minimum Gasteiger partial charge on any atom is -0.367 e. The number of carbonyl (C=O) groups excluding carboxylic acids is 1. The molecule has 1 heterocycles. The summed E-state index contributed by atoms with van der Waals surface area (Å²) in [5.41, 5.74) is 6.34. The van der Waals surface area contributed by atoms with E-state index in [-0.39, 0.29) is 23.5 Å². The molecule has 4 nitrogen and oxygen atoms in total. The molecule has 0 saturated carbocycles. The highest BCUT2D eigenvalue weighted by atomic mass is 35.5. The quantitative estimate of drug-likeness (QED) is 0.887. The summed E-state index contributed by atoms with van der Waals surface area (Å²) in [4.78, 5) is 11.8. The summed E-state index contributed by atoms with van der Waals surface area (Å²) in [6, 6.07) is 4.45. The lowest BCUT2D eigenvalue weighted by Crippen LogP contribution is -2.43. The van der Waals surface area contributed by atoms with Crippen LogP contribution in [-0.4, -0.2) is 24.7 Å². The van der Waals surface area contributed by atoms with Crippen LogP contribution < -0.4 is 11.1 Å². The highest BCUT2D eigenvalue weighted by Gasteiger charge is 2.24. The molecule has 1 fully saturated rings. The zero-order chi connectivity index (χ0) is 13.8. The minimum atomic E-state index is -0.492. The van der Waals surface area contributed by atoms with Crippen molar-refractivity contribution < 1.29 is 13.9 Å². The molecular weight excluding hydrogens is 271 g/mol. The van der Waals surface area contributed by atoms with E-state index in [2.05, 4.69) is 5.32 Å². The average Bonchev–Trinajstić information content (AvgIpc) is 2.40. The van der Waals surface area contributed by atoms with Crippen LogP contribution in [-0.2, 0) is 16.1 Å². The molecule has 104 valence electrons. The van der Waals surface area contributed by atoms with Crippen LogP contribution >= 0.6 is 11.6 Å². The lowest BCUT2D eigenvalue weighted by Gasteiger charge is -2.25. The van der Waals surface area contributed by atoms with Crippen LogP contribution in [0.3, 0.4) is 0 Å². The van der Waals surface area contributed by atoms with E-state index in [1.807, 2.05) is 0 Å². The number of hydrogen-bond donors (Lipinski definition) is 2. The molecule has 0 unspecified atom stereocenters. The van der Waals surface area contributed by atoms with Crippen molar-refractivity contribution in [3.05, 3.63) is 34.6 Å². The normalized spacial score (nSPS) is 23.1. The van der Waals surface area contributed by atoms with Crippen molar-refractivity contribution in [2.75, 3.05) is 6.61 Å². The summed E-state index contributed by atoms with van der Waals surface area (Å²) in [6.07, 6.45) is 0.923. The van der Waals surface area contributed by atoms with Gasteiger partial charge in [-0.1, -0.05) is 17.7 Å². The first-order chi connectivity index (χ1) is 9.06. The predicted molar refractivity (Wildman–Crippen MR) is 70.2 cm³/mol. The summed E-state index contributed by atoms with van der Waals surface area (Å²) < 4.78 is 18.6. The second-order valence-corrected chi connectivity index (χ2v) is 5.03. The summed E-state index contributed by atoms with van der Waals surface area (Å²) >= 11 is 5.58. The summed E-state index contributed by atoms with van der Waals surface area (Å²) in [7, 11) is 0. The molecule has 1 aromatic rings. The summed E-state index contributed by atoms with van der Waals surface area (Å²) in [6.45, 7) is 0.645. The van der Waals surface area contributed by atoms with Crippen LogP contribution in [0.5, 0.6) is 0 Å². The van der Waals surface area contributed by atoms with Crippen molar-refractivity contribution in [1.82, 2.24) is 5.32 Å². The lowest BCUT2D eigenvalue weighted by atomic mass is 10.1. The molecule has 3 N–H and O–H groups in total. The monoisotopic (exact) mass is 286 g/mol. The number of rotatable bonds is 3. The van der Waals surface area contributed by atoms with Gasteiger partial charge < -0.3 is 15.8 Å². The molecule has 1 aliphatic rings. The Kier molecular flexibility index (Phi) is 4.74. The molecule has 1 aliphatic heterocycles. The molecule has 2 rings (SSSR count). The Morgan fingerprint density at radius 1 is 1.53 bits per heavy atom. The number of amides is 1. The predicted octanol–water partition coefficient (Wildman–Crippen LogP) is 1.60. The molecule has 0 bridgehead atoms. The van der Waals surface area contributed by atoms with Crippen molar-refractivity contribution in [3.8, 4) is 0 Å². The smallest absolute Gasteiger partial charge is 0.249 e. The largest absolute Gasteiger partial charge is 0.367 e. The molecule has 1 saturated heterocycles. The Bertz CT molecular complexity index is 462. The molecule has 6 heteroatoms. The number of carbonyl (C=O) groups is 1. The van der Waals surface area contributed by atoms with Gasteiger partial charge in [-0.05, 0) is 30.5 Å². The third kappa shape index (κ3) is 3.89. The van der Waals surface area contributed by atoms with Gasteiger partial charge in [0, 0.05) is 12.6 Å². The van der Waals surface area contributed by atoms with E-state index in [4.69, 9.17) is 22.1 Å². The van der Waals surface area contributed by atoms with E-state index in [0.29, 0.717) is 18.6 Å². The van der Waals surface area contributed by atoms with Gasteiger partial charge in [0.25, 0.3) is 0 Å². The molecule has 1 aromatic carbocycles. The number of nitrogens with two attached hydrogens (primary N) is 1. The highest BCUT2D eigenvalue weighted by molar-refractivity contribution is 6.30. The maximum atomic E-state index is 13.2. The van der Waals surface area contributed by atoms with Gasteiger partial charge in [0.15, 0.2) is 0 Å². The maximum absolute atomic E-state index is 13.2. The molecule has 0 aliphatic carbocycles.